The van der Waals surface area contributed by atoms with Crippen LogP contribution in [0.25, 0.3) is 0 Å². The van der Waals surface area contributed by atoms with Gasteiger partial charge in [0, 0.05) is 50.9 Å². The first-order valence-corrected chi connectivity index (χ1v) is 9.93. The molecule has 148 valence electrons. The molecule has 0 aliphatic carbocycles. The minimum Gasteiger partial charge on any atom is -0.346 e. The Morgan fingerprint density at radius 3 is 2.44 bits per heavy atom. The summed E-state index contributed by atoms with van der Waals surface area (Å²) in [4.78, 5) is 33.1. The molecule has 2 unspecified atom stereocenters. The highest BCUT2D eigenvalue weighted by Gasteiger charge is 2.32. The fraction of sp³-hybridized carbons (Fsp3) is 0.650. The lowest BCUT2D eigenvalue weighted by Gasteiger charge is -2.33. The highest BCUT2D eigenvalue weighted by molar-refractivity contribution is 5.92. The molecule has 7 heteroatoms. The van der Waals surface area contributed by atoms with Crippen LogP contribution in [0, 0.1) is 11.8 Å². The van der Waals surface area contributed by atoms with Crippen LogP contribution < -0.4 is 10.9 Å². The highest BCUT2D eigenvalue weighted by atomic mass is 16.2. The number of carbonyl (C=O) groups excluding carboxylic acids is 2. The Kier molecular flexibility index (Phi) is 6.44. The molecule has 2 fully saturated rings. The molecule has 2 saturated heterocycles. The van der Waals surface area contributed by atoms with Crippen molar-refractivity contribution in [2.45, 2.75) is 45.2 Å². The van der Waals surface area contributed by atoms with Crippen molar-refractivity contribution in [1.82, 2.24) is 25.6 Å². The molecule has 7 nitrogen and oxygen atoms in total. The van der Waals surface area contributed by atoms with Crippen LogP contribution in [0.2, 0.25) is 0 Å². The van der Waals surface area contributed by atoms with Crippen LogP contribution in [0.4, 0.5) is 0 Å². The fourth-order valence-electron chi connectivity index (χ4n) is 4.16. The molecule has 3 heterocycles. The lowest BCUT2D eigenvalue weighted by Crippen LogP contribution is -2.44. The largest absolute Gasteiger partial charge is 0.346 e. The van der Waals surface area contributed by atoms with Crippen LogP contribution in [0.15, 0.2) is 24.4 Å². The maximum atomic E-state index is 12.8. The second kappa shape index (κ2) is 8.80. The molecule has 2 aliphatic heterocycles. The average Bonchev–Trinajstić information content (AvgIpc) is 3.03. The van der Waals surface area contributed by atoms with E-state index in [0.29, 0.717) is 36.8 Å². The summed E-state index contributed by atoms with van der Waals surface area (Å²) in [5.74, 6) is 0.703. The van der Waals surface area contributed by atoms with Crippen LogP contribution >= 0.6 is 0 Å². The van der Waals surface area contributed by atoms with Crippen molar-refractivity contribution in [3.8, 4) is 0 Å². The van der Waals surface area contributed by atoms with Crippen molar-refractivity contribution in [2.75, 3.05) is 26.7 Å². The molecule has 0 aromatic carbocycles. The third kappa shape index (κ3) is 4.65. The van der Waals surface area contributed by atoms with E-state index in [1.807, 2.05) is 22.9 Å². The third-order valence-corrected chi connectivity index (χ3v) is 6.01. The number of hydrazine groups is 1. The monoisotopic (exact) mass is 373 g/mol. The number of nitrogens with zero attached hydrogens (tertiary/aromatic N) is 3. The summed E-state index contributed by atoms with van der Waals surface area (Å²) in [7, 11) is 1.90. The van der Waals surface area contributed by atoms with Gasteiger partial charge in [0.2, 0.25) is 5.91 Å². The number of piperidine rings is 1. The lowest BCUT2D eigenvalue weighted by molar-refractivity contribution is -0.135. The standard InChI is InChI=1S/C20H31N5O2/c1-14-17(15(2)23-22-14)9-11-24(3)19(26)16-7-12-25(13-8-16)20(27)18-6-4-5-10-21-18/h4-6,10,14-17,22-23H,7-9,11-13H2,1-3H3. The second-order valence-corrected chi connectivity index (χ2v) is 7.86. The highest BCUT2D eigenvalue weighted by Crippen LogP contribution is 2.22. The van der Waals surface area contributed by atoms with E-state index < -0.39 is 0 Å². The number of likely N-dealkylation sites (tertiary alicyclic amines) is 1. The van der Waals surface area contributed by atoms with Gasteiger partial charge in [-0.15, -0.1) is 0 Å². The minimum absolute atomic E-state index is 0.0115. The molecule has 0 spiro atoms. The van der Waals surface area contributed by atoms with Crippen LogP contribution in [-0.4, -0.2) is 65.4 Å². The van der Waals surface area contributed by atoms with Crippen molar-refractivity contribution in [3.63, 3.8) is 0 Å². The Balaban J connectivity index is 1.46. The van der Waals surface area contributed by atoms with E-state index in [9.17, 15) is 9.59 Å². The van der Waals surface area contributed by atoms with Crippen molar-refractivity contribution in [1.29, 1.82) is 0 Å². The summed E-state index contributed by atoms with van der Waals surface area (Å²) in [6.07, 6.45) is 4.07. The summed E-state index contributed by atoms with van der Waals surface area (Å²) >= 11 is 0. The zero-order valence-electron chi connectivity index (χ0n) is 16.5. The van der Waals surface area contributed by atoms with E-state index in [1.54, 1.807) is 18.3 Å². The molecule has 27 heavy (non-hydrogen) atoms. The number of rotatable bonds is 5. The summed E-state index contributed by atoms with van der Waals surface area (Å²) < 4.78 is 0. The Morgan fingerprint density at radius 1 is 1.19 bits per heavy atom. The van der Waals surface area contributed by atoms with E-state index in [1.165, 1.54) is 0 Å². The maximum Gasteiger partial charge on any atom is 0.272 e. The summed E-state index contributed by atoms with van der Waals surface area (Å²) in [6, 6.07) is 6.20. The third-order valence-electron chi connectivity index (χ3n) is 6.01. The van der Waals surface area contributed by atoms with E-state index in [0.717, 1.165) is 25.8 Å². The molecule has 1 aromatic rings. The van der Waals surface area contributed by atoms with Gasteiger partial charge in [-0.2, -0.15) is 0 Å². The Bertz CT molecular complexity index is 635. The molecular weight excluding hydrogens is 342 g/mol. The molecule has 0 bridgehead atoms. The lowest BCUT2D eigenvalue weighted by atomic mass is 9.92. The van der Waals surface area contributed by atoms with Gasteiger partial charge in [-0.25, -0.2) is 0 Å². The van der Waals surface area contributed by atoms with Gasteiger partial charge in [-0.1, -0.05) is 6.07 Å². The number of hydrogen-bond donors (Lipinski definition) is 2. The van der Waals surface area contributed by atoms with Crippen molar-refractivity contribution < 1.29 is 9.59 Å². The summed E-state index contributed by atoms with van der Waals surface area (Å²) in [6.45, 7) is 6.36. The number of aromatic nitrogens is 1. The maximum absolute atomic E-state index is 12.8. The van der Waals surface area contributed by atoms with E-state index in [4.69, 9.17) is 0 Å². The molecule has 2 amide bonds. The van der Waals surface area contributed by atoms with Gasteiger partial charge in [0.25, 0.3) is 5.91 Å². The normalized spacial score (nSPS) is 26.2. The zero-order chi connectivity index (χ0) is 19.4. The minimum atomic E-state index is -0.0425. The van der Waals surface area contributed by atoms with E-state index in [-0.39, 0.29) is 17.7 Å². The smallest absolute Gasteiger partial charge is 0.272 e. The molecular formula is C20H31N5O2. The second-order valence-electron chi connectivity index (χ2n) is 7.86. The predicted octanol–water partition coefficient (Wildman–Crippen LogP) is 1.28. The number of hydrogen-bond acceptors (Lipinski definition) is 5. The number of nitrogens with one attached hydrogen (secondary N) is 2. The Morgan fingerprint density at radius 2 is 1.85 bits per heavy atom. The first kappa shape index (κ1) is 19.8. The van der Waals surface area contributed by atoms with Gasteiger partial charge in [0.15, 0.2) is 0 Å². The van der Waals surface area contributed by atoms with Crippen LogP contribution in [0.5, 0.6) is 0 Å². The number of carbonyl (C=O) groups is 2. The number of pyridine rings is 1. The van der Waals surface area contributed by atoms with E-state index >= 15 is 0 Å². The van der Waals surface area contributed by atoms with Crippen LogP contribution in [0.1, 0.15) is 43.6 Å². The van der Waals surface area contributed by atoms with Gasteiger partial charge in [-0.3, -0.25) is 25.4 Å². The van der Waals surface area contributed by atoms with E-state index in [2.05, 4.69) is 29.7 Å². The zero-order valence-corrected chi connectivity index (χ0v) is 16.5. The van der Waals surface area contributed by atoms with Crippen molar-refractivity contribution >= 4 is 11.8 Å². The number of amides is 2. The van der Waals surface area contributed by atoms with Crippen molar-refractivity contribution in [3.05, 3.63) is 30.1 Å². The summed E-state index contributed by atoms with van der Waals surface area (Å²) in [5.41, 5.74) is 7.01. The molecule has 1 aromatic heterocycles. The van der Waals surface area contributed by atoms with Crippen molar-refractivity contribution in [2.24, 2.45) is 11.8 Å². The molecule has 2 aliphatic rings. The van der Waals surface area contributed by atoms with Gasteiger partial charge >= 0.3 is 0 Å². The molecule has 0 radical (unpaired) electrons. The quantitative estimate of drug-likeness (QED) is 0.813. The Labute approximate surface area is 161 Å². The van der Waals surface area contributed by atoms with Gasteiger partial charge in [0.05, 0.1) is 0 Å². The topological polar surface area (TPSA) is 77.6 Å². The predicted molar refractivity (Wildman–Crippen MR) is 104 cm³/mol. The van der Waals surface area contributed by atoms with Gasteiger partial charge in [-0.05, 0) is 51.2 Å². The first-order valence-electron chi connectivity index (χ1n) is 9.93. The van der Waals surface area contributed by atoms with Gasteiger partial charge in [0.1, 0.15) is 5.69 Å². The van der Waals surface area contributed by atoms with Gasteiger partial charge < -0.3 is 9.80 Å². The summed E-state index contributed by atoms with van der Waals surface area (Å²) in [5, 5.41) is 0. The SMILES string of the molecule is CC1NNC(C)C1CCN(C)C(=O)C1CCN(C(=O)c2ccccn2)CC1. The van der Waals surface area contributed by atoms with Crippen LogP contribution in [0.3, 0.4) is 0 Å². The molecule has 3 rings (SSSR count). The molecule has 2 N–H and O–H groups in total. The average molecular weight is 374 g/mol. The molecule has 2 atom stereocenters. The molecule has 0 saturated carbocycles. The van der Waals surface area contributed by atoms with Crippen LogP contribution in [-0.2, 0) is 4.79 Å². The first-order chi connectivity index (χ1) is 13.0. The Hall–Kier alpha value is -1.99. The fourth-order valence-corrected chi connectivity index (χ4v) is 4.16.